The third kappa shape index (κ3) is 9.22. The van der Waals surface area contributed by atoms with Crippen molar-refractivity contribution in [2.45, 2.75) is 0 Å². The van der Waals surface area contributed by atoms with Crippen LogP contribution in [0.2, 0.25) is 0 Å². The largest absolute Gasteiger partial charge is 0.478 e. The molecule has 0 saturated carbocycles. The second-order valence-corrected chi connectivity index (χ2v) is 8.76. The molecule has 0 aliphatic carbocycles. The average Bonchev–Trinajstić information content (AvgIpc) is 3.10. The van der Waals surface area contributed by atoms with Crippen molar-refractivity contribution in [3.05, 3.63) is 145 Å². The summed E-state index contributed by atoms with van der Waals surface area (Å²) in [4.78, 5) is 57.1. The Hall–Kier alpha value is -6.07. The summed E-state index contributed by atoms with van der Waals surface area (Å²) in [6.45, 7) is 0. The number of hydrogen-bond acceptors (Lipinski definition) is 9. The van der Waals surface area contributed by atoms with Crippen molar-refractivity contribution >= 4 is 17.9 Å². The van der Waals surface area contributed by atoms with E-state index in [0.717, 1.165) is 0 Å². The molecule has 6 heterocycles. The summed E-state index contributed by atoms with van der Waals surface area (Å²) in [5.74, 6) is -2.99. The number of carbonyl (C=O) groups is 3. The van der Waals surface area contributed by atoms with Gasteiger partial charge >= 0.3 is 17.9 Å². The first-order chi connectivity index (χ1) is 21.9. The maximum atomic E-state index is 10.9. The molecule has 0 spiro atoms. The molecule has 0 unspecified atom stereocenters. The van der Waals surface area contributed by atoms with E-state index in [4.69, 9.17) is 15.3 Å². The molecule has 0 aromatic carbocycles. The van der Waals surface area contributed by atoms with Gasteiger partial charge in [0.2, 0.25) is 0 Å². The van der Waals surface area contributed by atoms with Gasteiger partial charge in [-0.15, -0.1) is 0 Å². The molecule has 0 radical (unpaired) electrons. The molecule has 46 heavy (non-hydrogen) atoms. The zero-order chi connectivity index (χ0) is 32.0. The van der Waals surface area contributed by atoms with Crippen LogP contribution in [0, 0.1) is 0 Å². The van der Waals surface area contributed by atoms with Gasteiger partial charge in [0.1, 0.15) is 17.1 Å². The van der Waals surface area contributed by atoms with Crippen molar-refractivity contribution in [2.75, 3.05) is 0 Å². The molecule has 12 nitrogen and oxygen atoms in total. The van der Waals surface area contributed by atoms with Crippen molar-refractivity contribution in [3.63, 3.8) is 0 Å². The van der Waals surface area contributed by atoms with Crippen molar-refractivity contribution < 1.29 is 49.2 Å². The van der Waals surface area contributed by atoms with Gasteiger partial charge in [-0.1, -0.05) is 18.2 Å². The van der Waals surface area contributed by atoms with Crippen LogP contribution < -0.4 is 0 Å². The number of carboxylic acids is 3. The van der Waals surface area contributed by atoms with Gasteiger partial charge in [0.05, 0.1) is 33.8 Å². The van der Waals surface area contributed by atoms with E-state index in [0.29, 0.717) is 34.2 Å². The maximum absolute atomic E-state index is 10.9. The molecule has 0 saturated heterocycles. The summed E-state index contributed by atoms with van der Waals surface area (Å²) in [7, 11) is 0. The van der Waals surface area contributed by atoms with Crippen LogP contribution >= 0.6 is 0 Å². The van der Waals surface area contributed by atoms with E-state index in [2.05, 4.69) is 29.9 Å². The Balaban J connectivity index is 0.000000186. The number of nitrogens with zero attached hydrogens (tertiary/aromatic N) is 6. The van der Waals surface area contributed by atoms with Crippen molar-refractivity contribution in [3.8, 4) is 34.2 Å². The maximum Gasteiger partial charge on any atom is 0.337 e. The number of aromatic carboxylic acids is 3. The fourth-order valence-corrected chi connectivity index (χ4v) is 3.85. The number of hydrogen-bond donors (Lipinski definition) is 3. The van der Waals surface area contributed by atoms with Crippen LogP contribution in [-0.4, -0.2) is 63.1 Å². The molecule has 3 N–H and O–H groups in total. The first-order valence-corrected chi connectivity index (χ1v) is 13.2. The minimum Gasteiger partial charge on any atom is -0.478 e. The smallest absolute Gasteiger partial charge is 0.337 e. The van der Waals surface area contributed by atoms with E-state index in [9.17, 15) is 14.4 Å². The van der Waals surface area contributed by atoms with E-state index < -0.39 is 17.9 Å². The molecule has 6 aromatic rings. The topological polar surface area (TPSA) is 189 Å². The van der Waals surface area contributed by atoms with Gasteiger partial charge in [-0.2, -0.15) is 0 Å². The van der Waals surface area contributed by atoms with Crippen molar-refractivity contribution in [1.82, 2.24) is 29.9 Å². The van der Waals surface area contributed by atoms with Gasteiger partial charge < -0.3 is 15.3 Å². The molecule has 6 aromatic heterocycles. The van der Waals surface area contributed by atoms with Crippen LogP contribution in [0.25, 0.3) is 34.2 Å². The second kappa shape index (κ2) is 17.3. The van der Waals surface area contributed by atoms with Crippen LogP contribution in [0.5, 0.6) is 0 Å². The summed E-state index contributed by atoms with van der Waals surface area (Å²) in [5.41, 5.74) is 3.37. The first kappa shape index (κ1) is 34.4. The molecule has 230 valence electrons. The fraction of sp³-hybridized carbons (Fsp3) is 0. The number of aromatic nitrogens is 6. The number of pyridine rings is 6. The van der Waals surface area contributed by atoms with Crippen molar-refractivity contribution in [1.29, 1.82) is 0 Å². The Kier molecular flexibility index (Phi) is 12.9. The van der Waals surface area contributed by atoms with E-state index >= 15 is 0 Å². The minimum absolute atomic E-state index is 0. The Labute approximate surface area is 275 Å². The summed E-state index contributed by atoms with van der Waals surface area (Å²) in [6.07, 6.45) is 9.48. The van der Waals surface area contributed by atoms with Gasteiger partial charge in [-0.3, -0.25) is 29.9 Å². The fourth-order valence-electron chi connectivity index (χ4n) is 3.85. The SMILES string of the molecule is O=C(O)c1cccnc1-c1ccccn1.O=C(O)c1cccnc1-c1ccccn1.O=C(O)c1cccnc1-c1ccccn1.[Ru]. The molecule has 13 heteroatoms. The van der Waals surface area contributed by atoms with Gasteiger partial charge in [-0.25, -0.2) is 14.4 Å². The van der Waals surface area contributed by atoms with Gasteiger partial charge in [-0.05, 0) is 72.8 Å². The Morgan fingerprint density at radius 2 is 0.630 bits per heavy atom. The monoisotopic (exact) mass is 702 g/mol. The first-order valence-electron chi connectivity index (χ1n) is 13.2. The van der Waals surface area contributed by atoms with Crippen LogP contribution in [0.15, 0.2) is 128 Å². The Bertz CT molecular complexity index is 1680. The van der Waals surface area contributed by atoms with E-state index in [-0.39, 0.29) is 36.2 Å². The predicted octanol–water partition coefficient (Wildman–Crippen LogP) is 5.52. The summed E-state index contributed by atoms with van der Waals surface area (Å²) < 4.78 is 0. The predicted molar refractivity (Wildman–Crippen MR) is 163 cm³/mol. The zero-order valence-electron chi connectivity index (χ0n) is 23.7. The molecular formula is C33H24N6O6Ru. The third-order valence-electron chi connectivity index (χ3n) is 5.84. The van der Waals surface area contributed by atoms with E-state index in [1.54, 1.807) is 110 Å². The second-order valence-electron chi connectivity index (χ2n) is 8.76. The van der Waals surface area contributed by atoms with E-state index in [1.807, 2.05) is 0 Å². The standard InChI is InChI=1S/3C11H8N2O2.Ru/c3*14-11(15)8-4-3-7-13-10(8)9-5-1-2-6-12-9;/h3*1-7H,(H,14,15);. The molecule has 0 fully saturated rings. The van der Waals surface area contributed by atoms with Crippen LogP contribution in [0.3, 0.4) is 0 Å². The minimum atomic E-state index is -0.997. The molecule has 0 aliphatic rings. The van der Waals surface area contributed by atoms with Crippen LogP contribution in [-0.2, 0) is 19.5 Å². The summed E-state index contributed by atoms with van der Waals surface area (Å²) in [6, 6.07) is 25.2. The number of rotatable bonds is 6. The van der Waals surface area contributed by atoms with Crippen LogP contribution in [0.4, 0.5) is 0 Å². The average molecular weight is 702 g/mol. The molecule has 0 amide bonds. The van der Waals surface area contributed by atoms with Crippen molar-refractivity contribution in [2.24, 2.45) is 0 Å². The number of carboxylic acid groups (broad SMARTS) is 3. The van der Waals surface area contributed by atoms with Gasteiger partial charge in [0, 0.05) is 56.7 Å². The van der Waals surface area contributed by atoms with Crippen LogP contribution in [0.1, 0.15) is 31.1 Å². The Morgan fingerprint density at radius 3 is 0.848 bits per heavy atom. The zero-order valence-corrected chi connectivity index (χ0v) is 25.5. The normalized spacial score (nSPS) is 9.65. The quantitative estimate of drug-likeness (QED) is 0.185. The molecule has 0 aliphatic heterocycles. The molecule has 0 bridgehead atoms. The third-order valence-corrected chi connectivity index (χ3v) is 5.84. The van der Waals surface area contributed by atoms with Gasteiger partial charge in [0.15, 0.2) is 0 Å². The molecule has 6 rings (SSSR count). The molecular weight excluding hydrogens is 677 g/mol. The van der Waals surface area contributed by atoms with E-state index in [1.165, 1.54) is 18.2 Å². The molecule has 0 atom stereocenters. The van der Waals surface area contributed by atoms with Gasteiger partial charge in [0.25, 0.3) is 0 Å². The summed E-state index contributed by atoms with van der Waals surface area (Å²) in [5, 5.41) is 26.9. The Morgan fingerprint density at radius 1 is 0.370 bits per heavy atom. The summed E-state index contributed by atoms with van der Waals surface area (Å²) >= 11 is 0.